The van der Waals surface area contributed by atoms with Gasteiger partial charge in [0.05, 0.1) is 5.52 Å². The van der Waals surface area contributed by atoms with Crippen molar-refractivity contribution >= 4 is 26.8 Å². The topological polar surface area (TPSA) is 17.0 Å². The van der Waals surface area contributed by atoms with Gasteiger partial charge in [-0.2, -0.15) is 0 Å². The van der Waals surface area contributed by atoms with Crippen LogP contribution >= 0.6 is 15.9 Å². The molecule has 0 aliphatic rings. The molecule has 1 N–H and O–H groups in total. The van der Waals surface area contributed by atoms with Gasteiger partial charge < -0.3 is 9.88 Å². The van der Waals surface area contributed by atoms with Crippen LogP contribution in [0.2, 0.25) is 0 Å². The summed E-state index contributed by atoms with van der Waals surface area (Å²) in [5.74, 6) is 0. The lowest BCUT2D eigenvalue weighted by atomic mass is 10.1. The normalized spacial score (nSPS) is 11.6. The highest BCUT2D eigenvalue weighted by molar-refractivity contribution is 9.10. The molecular formula is C14H19BrN2. The first-order valence-corrected chi connectivity index (χ1v) is 6.92. The zero-order valence-corrected chi connectivity index (χ0v) is 12.2. The summed E-state index contributed by atoms with van der Waals surface area (Å²) in [6.45, 7) is 8.46. The van der Waals surface area contributed by atoms with E-state index in [9.17, 15) is 0 Å². The number of nitrogens with one attached hydrogen (secondary N) is 1. The number of hydrogen-bond acceptors (Lipinski definition) is 1. The average molecular weight is 295 g/mol. The molecule has 2 nitrogen and oxygen atoms in total. The molecule has 1 aromatic heterocycles. The molecule has 0 aliphatic carbocycles. The van der Waals surface area contributed by atoms with Gasteiger partial charge in [-0.25, -0.2) is 0 Å². The van der Waals surface area contributed by atoms with Gasteiger partial charge in [-0.15, -0.1) is 0 Å². The number of rotatable bonds is 4. The molecule has 0 atom stereocenters. The molecule has 2 rings (SSSR count). The molecule has 1 heterocycles. The number of halogens is 1. The minimum Gasteiger partial charge on any atom is -0.347 e. The van der Waals surface area contributed by atoms with Crippen molar-refractivity contribution < 1.29 is 0 Å². The van der Waals surface area contributed by atoms with Gasteiger partial charge in [0.2, 0.25) is 0 Å². The molecule has 0 saturated carbocycles. The van der Waals surface area contributed by atoms with Gasteiger partial charge in [-0.3, -0.25) is 0 Å². The summed E-state index contributed by atoms with van der Waals surface area (Å²) in [6, 6.07) is 6.92. The van der Waals surface area contributed by atoms with Crippen LogP contribution in [-0.4, -0.2) is 10.6 Å². The average Bonchev–Trinajstić information content (AvgIpc) is 2.66. The fraction of sp³-hybridized carbons (Fsp3) is 0.429. The quantitative estimate of drug-likeness (QED) is 0.904. The van der Waals surface area contributed by atoms with Gasteiger partial charge >= 0.3 is 0 Å². The van der Waals surface area contributed by atoms with Gasteiger partial charge in [0.25, 0.3) is 0 Å². The van der Waals surface area contributed by atoms with Crippen LogP contribution in [0.1, 0.15) is 26.3 Å². The fourth-order valence-electron chi connectivity index (χ4n) is 2.09. The summed E-state index contributed by atoms with van der Waals surface area (Å²) in [5, 5.41) is 4.82. The third kappa shape index (κ3) is 2.55. The molecule has 0 bridgehead atoms. The third-order valence-electron chi connectivity index (χ3n) is 2.97. The van der Waals surface area contributed by atoms with E-state index in [1.54, 1.807) is 0 Å². The minimum absolute atomic E-state index is 0.516. The Balaban J connectivity index is 2.46. The van der Waals surface area contributed by atoms with Crippen molar-refractivity contribution in [3.63, 3.8) is 0 Å². The maximum absolute atomic E-state index is 3.64. The fourth-order valence-corrected chi connectivity index (χ4v) is 2.69. The molecule has 92 valence electrons. The van der Waals surface area contributed by atoms with Crippen LogP contribution in [-0.2, 0) is 13.1 Å². The number of benzene rings is 1. The largest absolute Gasteiger partial charge is 0.347 e. The Morgan fingerprint density at radius 3 is 2.76 bits per heavy atom. The highest BCUT2D eigenvalue weighted by Crippen LogP contribution is 2.28. The highest BCUT2D eigenvalue weighted by Gasteiger charge is 2.10. The predicted octanol–water partition coefficient (Wildman–Crippen LogP) is 3.92. The molecule has 0 aliphatic heterocycles. The van der Waals surface area contributed by atoms with Crippen molar-refractivity contribution in [2.75, 3.05) is 0 Å². The Morgan fingerprint density at radius 2 is 2.12 bits per heavy atom. The van der Waals surface area contributed by atoms with Crippen LogP contribution < -0.4 is 5.32 Å². The second-order valence-electron chi connectivity index (χ2n) is 4.61. The zero-order valence-electron chi connectivity index (χ0n) is 10.6. The molecule has 2 aromatic rings. The maximum atomic E-state index is 3.64. The summed E-state index contributed by atoms with van der Waals surface area (Å²) in [5.41, 5.74) is 2.67. The Kier molecular flexibility index (Phi) is 3.89. The van der Waals surface area contributed by atoms with Crippen molar-refractivity contribution in [3.8, 4) is 0 Å². The SMILES string of the molecule is CCn1cc(CNC(C)C)c2cccc(Br)c21. The van der Waals surface area contributed by atoms with Crippen LogP contribution in [0.5, 0.6) is 0 Å². The van der Waals surface area contributed by atoms with Crippen molar-refractivity contribution in [2.45, 2.75) is 39.9 Å². The first-order valence-electron chi connectivity index (χ1n) is 6.13. The number of nitrogens with zero attached hydrogens (tertiary/aromatic N) is 1. The molecular weight excluding hydrogens is 276 g/mol. The lowest BCUT2D eigenvalue weighted by Crippen LogP contribution is -2.21. The van der Waals surface area contributed by atoms with Crippen molar-refractivity contribution in [1.82, 2.24) is 9.88 Å². The molecule has 0 saturated heterocycles. The van der Waals surface area contributed by atoms with Crippen LogP contribution in [0.25, 0.3) is 10.9 Å². The first kappa shape index (κ1) is 12.7. The van der Waals surface area contributed by atoms with E-state index in [2.05, 4.69) is 71.0 Å². The van der Waals surface area contributed by atoms with Crippen molar-refractivity contribution in [2.24, 2.45) is 0 Å². The van der Waals surface area contributed by atoms with E-state index in [0.717, 1.165) is 13.1 Å². The van der Waals surface area contributed by atoms with Gasteiger partial charge in [0, 0.05) is 35.2 Å². The first-order chi connectivity index (χ1) is 8.13. The smallest absolute Gasteiger partial charge is 0.0627 e. The summed E-state index contributed by atoms with van der Waals surface area (Å²) >= 11 is 3.64. The van der Waals surface area contributed by atoms with E-state index in [1.165, 1.54) is 20.9 Å². The van der Waals surface area contributed by atoms with Crippen LogP contribution in [0, 0.1) is 0 Å². The molecule has 3 heteroatoms. The number of fused-ring (bicyclic) bond motifs is 1. The van der Waals surface area contributed by atoms with E-state index in [4.69, 9.17) is 0 Å². The van der Waals surface area contributed by atoms with Crippen LogP contribution in [0.3, 0.4) is 0 Å². The van der Waals surface area contributed by atoms with E-state index in [0.29, 0.717) is 6.04 Å². The summed E-state index contributed by atoms with van der Waals surface area (Å²) < 4.78 is 3.48. The molecule has 1 aromatic carbocycles. The third-order valence-corrected chi connectivity index (χ3v) is 3.61. The monoisotopic (exact) mass is 294 g/mol. The highest BCUT2D eigenvalue weighted by atomic mass is 79.9. The predicted molar refractivity (Wildman–Crippen MR) is 77.3 cm³/mol. The van der Waals surface area contributed by atoms with E-state index < -0.39 is 0 Å². The lowest BCUT2D eigenvalue weighted by molar-refractivity contribution is 0.589. The number of para-hydroxylation sites is 1. The summed E-state index contributed by atoms with van der Waals surface area (Å²) in [6.07, 6.45) is 2.25. The van der Waals surface area contributed by atoms with Gasteiger partial charge in [0.1, 0.15) is 0 Å². The van der Waals surface area contributed by atoms with E-state index in [1.807, 2.05) is 0 Å². The standard InChI is InChI=1S/C14H19BrN2/c1-4-17-9-11(8-16-10(2)3)12-6-5-7-13(15)14(12)17/h5-7,9-10,16H,4,8H2,1-3H3. The second kappa shape index (κ2) is 5.23. The van der Waals surface area contributed by atoms with Gasteiger partial charge in [-0.05, 0) is 34.5 Å². The second-order valence-corrected chi connectivity index (χ2v) is 5.47. The Morgan fingerprint density at radius 1 is 1.35 bits per heavy atom. The number of hydrogen-bond donors (Lipinski definition) is 1. The lowest BCUT2D eigenvalue weighted by Gasteiger charge is -2.06. The minimum atomic E-state index is 0.516. The molecule has 0 spiro atoms. The van der Waals surface area contributed by atoms with E-state index >= 15 is 0 Å². The van der Waals surface area contributed by atoms with Crippen LogP contribution in [0.4, 0.5) is 0 Å². The number of aromatic nitrogens is 1. The Labute approximate surface area is 111 Å². The van der Waals surface area contributed by atoms with E-state index in [-0.39, 0.29) is 0 Å². The maximum Gasteiger partial charge on any atom is 0.0627 e. The van der Waals surface area contributed by atoms with Crippen molar-refractivity contribution in [3.05, 3.63) is 34.4 Å². The molecule has 0 amide bonds. The molecule has 0 fully saturated rings. The molecule has 0 radical (unpaired) electrons. The number of aryl methyl sites for hydroxylation is 1. The van der Waals surface area contributed by atoms with Crippen molar-refractivity contribution in [1.29, 1.82) is 0 Å². The molecule has 0 unspecified atom stereocenters. The summed E-state index contributed by atoms with van der Waals surface area (Å²) in [4.78, 5) is 0. The zero-order chi connectivity index (χ0) is 12.4. The molecule has 17 heavy (non-hydrogen) atoms. The Bertz CT molecular complexity index is 514. The summed E-state index contributed by atoms with van der Waals surface area (Å²) in [7, 11) is 0. The van der Waals surface area contributed by atoms with Gasteiger partial charge in [-0.1, -0.05) is 26.0 Å². The van der Waals surface area contributed by atoms with Gasteiger partial charge in [0.15, 0.2) is 0 Å². The Hall–Kier alpha value is -0.800. The van der Waals surface area contributed by atoms with Crippen LogP contribution in [0.15, 0.2) is 28.9 Å².